The van der Waals surface area contributed by atoms with Gasteiger partial charge in [-0.1, -0.05) is 0 Å². The van der Waals surface area contributed by atoms with Crippen LogP contribution in [0.1, 0.15) is 31.9 Å². The third-order valence-electron chi connectivity index (χ3n) is 3.35. The van der Waals surface area contributed by atoms with Gasteiger partial charge in [0.2, 0.25) is 0 Å². The Kier molecular flexibility index (Phi) is 3.61. The molecule has 0 saturated carbocycles. The lowest BCUT2D eigenvalue weighted by Crippen LogP contribution is -2.33. The quantitative estimate of drug-likeness (QED) is 0.832. The van der Waals surface area contributed by atoms with E-state index in [1.165, 1.54) is 18.5 Å². The van der Waals surface area contributed by atoms with Gasteiger partial charge in [0.15, 0.2) is 0 Å². The molecule has 2 heterocycles. The van der Waals surface area contributed by atoms with Crippen LogP contribution in [-0.2, 0) is 6.54 Å². The predicted molar refractivity (Wildman–Crippen MR) is 65.4 cm³/mol. The van der Waals surface area contributed by atoms with Crippen LogP contribution in [0, 0.1) is 0 Å². The Morgan fingerprint density at radius 1 is 1.62 bits per heavy atom. The van der Waals surface area contributed by atoms with Crippen LogP contribution in [0.25, 0.3) is 0 Å². The molecule has 16 heavy (non-hydrogen) atoms. The molecule has 90 valence electrons. The first-order chi connectivity index (χ1) is 7.69. The normalized spacial score (nSPS) is 23.8. The number of hydrogen-bond acceptors (Lipinski definition) is 3. The van der Waals surface area contributed by atoms with Crippen LogP contribution >= 0.6 is 0 Å². The molecule has 2 unspecified atom stereocenters. The highest BCUT2D eigenvalue weighted by molar-refractivity contribution is 5.09. The predicted octanol–water partition coefficient (Wildman–Crippen LogP) is 1.26. The smallest absolute Gasteiger partial charge is 0.0537 e. The summed E-state index contributed by atoms with van der Waals surface area (Å²) in [5.74, 6) is 0. The van der Waals surface area contributed by atoms with Crippen LogP contribution in [0.4, 0.5) is 0 Å². The molecule has 4 nitrogen and oxygen atoms in total. The first-order valence-corrected chi connectivity index (χ1v) is 6.16. The van der Waals surface area contributed by atoms with E-state index in [1.807, 2.05) is 10.9 Å². The zero-order valence-electron chi connectivity index (χ0n) is 10.5. The van der Waals surface area contributed by atoms with Gasteiger partial charge in [-0.3, -0.25) is 4.68 Å². The van der Waals surface area contributed by atoms with Crippen LogP contribution in [0.3, 0.4) is 0 Å². The van der Waals surface area contributed by atoms with Gasteiger partial charge in [0.25, 0.3) is 0 Å². The van der Waals surface area contributed by atoms with Crippen LogP contribution in [0.2, 0.25) is 0 Å². The fourth-order valence-electron chi connectivity index (χ4n) is 2.30. The van der Waals surface area contributed by atoms with Gasteiger partial charge < -0.3 is 10.2 Å². The van der Waals surface area contributed by atoms with Crippen LogP contribution in [0.15, 0.2) is 12.4 Å². The Bertz CT molecular complexity index is 334. The van der Waals surface area contributed by atoms with Gasteiger partial charge >= 0.3 is 0 Å². The monoisotopic (exact) mass is 222 g/mol. The summed E-state index contributed by atoms with van der Waals surface area (Å²) in [5, 5.41) is 7.98. The molecule has 0 aromatic carbocycles. The van der Waals surface area contributed by atoms with Gasteiger partial charge in [-0.05, 0) is 33.9 Å². The van der Waals surface area contributed by atoms with Crippen LogP contribution in [-0.4, -0.2) is 40.9 Å². The second kappa shape index (κ2) is 4.97. The summed E-state index contributed by atoms with van der Waals surface area (Å²) in [6.45, 7) is 7.64. The average Bonchev–Trinajstić information content (AvgIpc) is 2.87. The minimum Gasteiger partial charge on any atom is -0.306 e. The van der Waals surface area contributed by atoms with Crippen molar-refractivity contribution in [3.05, 3.63) is 18.0 Å². The lowest BCUT2D eigenvalue weighted by Gasteiger charge is -2.18. The molecule has 0 spiro atoms. The summed E-state index contributed by atoms with van der Waals surface area (Å²) in [6.07, 6.45) is 5.36. The van der Waals surface area contributed by atoms with Crippen LogP contribution in [0.5, 0.6) is 0 Å². The van der Waals surface area contributed by atoms with Crippen molar-refractivity contribution in [1.29, 1.82) is 0 Å². The first-order valence-electron chi connectivity index (χ1n) is 6.16. The number of aryl methyl sites for hydroxylation is 1. The molecule has 2 rings (SSSR count). The van der Waals surface area contributed by atoms with Crippen molar-refractivity contribution in [1.82, 2.24) is 20.0 Å². The van der Waals surface area contributed by atoms with Crippen molar-refractivity contribution in [2.75, 3.05) is 20.1 Å². The molecule has 0 amide bonds. The third kappa shape index (κ3) is 2.62. The van der Waals surface area contributed by atoms with Crippen molar-refractivity contribution < 1.29 is 0 Å². The molecular formula is C12H22N4. The van der Waals surface area contributed by atoms with E-state index in [1.54, 1.807) is 0 Å². The van der Waals surface area contributed by atoms with E-state index in [0.29, 0.717) is 12.1 Å². The second-order valence-electron chi connectivity index (χ2n) is 4.77. The number of likely N-dealkylation sites (N-methyl/N-ethyl adjacent to an activating group) is 1. The van der Waals surface area contributed by atoms with E-state index < -0.39 is 0 Å². The van der Waals surface area contributed by atoms with Crippen molar-refractivity contribution in [2.24, 2.45) is 0 Å². The largest absolute Gasteiger partial charge is 0.306 e. The second-order valence-corrected chi connectivity index (χ2v) is 4.77. The Labute approximate surface area is 97.6 Å². The number of hydrogen-bond donors (Lipinski definition) is 1. The molecule has 1 N–H and O–H groups in total. The summed E-state index contributed by atoms with van der Waals surface area (Å²) in [4.78, 5) is 2.37. The zero-order valence-corrected chi connectivity index (χ0v) is 10.5. The highest BCUT2D eigenvalue weighted by Crippen LogP contribution is 2.15. The fraction of sp³-hybridized carbons (Fsp3) is 0.750. The molecule has 0 bridgehead atoms. The summed E-state index contributed by atoms with van der Waals surface area (Å²) >= 11 is 0. The minimum atomic E-state index is 0.400. The van der Waals surface area contributed by atoms with Gasteiger partial charge in [0.05, 0.1) is 6.20 Å². The minimum absolute atomic E-state index is 0.400. The summed E-state index contributed by atoms with van der Waals surface area (Å²) in [7, 11) is 2.18. The Morgan fingerprint density at radius 3 is 3.00 bits per heavy atom. The molecule has 0 aliphatic carbocycles. The van der Waals surface area contributed by atoms with Crippen LogP contribution < -0.4 is 5.32 Å². The first kappa shape index (κ1) is 11.6. The summed E-state index contributed by atoms with van der Waals surface area (Å²) in [6, 6.07) is 1.03. The number of nitrogens with one attached hydrogen (secondary N) is 1. The molecule has 1 aromatic rings. The van der Waals surface area contributed by atoms with Gasteiger partial charge in [0.1, 0.15) is 0 Å². The fourth-order valence-corrected chi connectivity index (χ4v) is 2.30. The molecule has 4 heteroatoms. The molecular weight excluding hydrogens is 200 g/mol. The molecule has 1 fully saturated rings. The van der Waals surface area contributed by atoms with Crippen molar-refractivity contribution in [2.45, 2.75) is 38.9 Å². The van der Waals surface area contributed by atoms with Gasteiger partial charge in [-0.25, -0.2) is 0 Å². The zero-order chi connectivity index (χ0) is 11.5. The number of likely N-dealkylation sites (tertiary alicyclic amines) is 1. The number of rotatable bonds is 4. The van der Waals surface area contributed by atoms with Crippen molar-refractivity contribution in [3.8, 4) is 0 Å². The summed E-state index contributed by atoms with van der Waals surface area (Å²) < 4.78 is 1.98. The molecule has 1 saturated heterocycles. The number of nitrogens with zero attached hydrogens (tertiary/aromatic N) is 3. The molecule has 1 aliphatic heterocycles. The van der Waals surface area contributed by atoms with E-state index in [9.17, 15) is 0 Å². The molecule has 2 atom stereocenters. The topological polar surface area (TPSA) is 33.1 Å². The van der Waals surface area contributed by atoms with Crippen molar-refractivity contribution in [3.63, 3.8) is 0 Å². The third-order valence-corrected chi connectivity index (χ3v) is 3.35. The molecule has 0 radical (unpaired) electrons. The maximum atomic E-state index is 4.31. The Balaban J connectivity index is 1.89. The van der Waals surface area contributed by atoms with E-state index in [-0.39, 0.29) is 0 Å². The lowest BCUT2D eigenvalue weighted by atomic mass is 10.1. The lowest BCUT2D eigenvalue weighted by molar-refractivity contribution is 0.387. The van der Waals surface area contributed by atoms with Gasteiger partial charge in [-0.2, -0.15) is 5.10 Å². The number of aromatic nitrogens is 2. The maximum absolute atomic E-state index is 4.31. The van der Waals surface area contributed by atoms with E-state index >= 15 is 0 Å². The van der Waals surface area contributed by atoms with E-state index in [2.05, 4.69) is 42.4 Å². The maximum Gasteiger partial charge on any atom is 0.0537 e. The average molecular weight is 222 g/mol. The van der Waals surface area contributed by atoms with Crippen molar-refractivity contribution >= 4 is 0 Å². The Morgan fingerprint density at radius 2 is 2.44 bits per heavy atom. The SMILES string of the molecule is CCn1cc(C(C)NC2CCN(C)C2)cn1. The molecule has 1 aromatic heterocycles. The van der Waals surface area contributed by atoms with E-state index in [4.69, 9.17) is 0 Å². The van der Waals surface area contributed by atoms with Gasteiger partial charge in [-0.15, -0.1) is 0 Å². The molecule has 1 aliphatic rings. The van der Waals surface area contributed by atoms with Gasteiger partial charge in [0, 0.05) is 36.9 Å². The Hall–Kier alpha value is -0.870. The highest BCUT2D eigenvalue weighted by Gasteiger charge is 2.21. The highest BCUT2D eigenvalue weighted by atomic mass is 15.3. The standard InChI is InChI=1S/C12H22N4/c1-4-16-8-11(7-13-16)10(2)14-12-5-6-15(3)9-12/h7-8,10,12,14H,4-6,9H2,1-3H3. The van der Waals surface area contributed by atoms with E-state index in [0.717, 1.165) is 13.1 Å². The summed E-state index contributed by atoms with van der Waals surface area (Å²) in [5.41, 5.74) is 1.29.